The molecule has 0 fully saturated rings. The summed E-state index contributed by atoms with van der Waals surface area (Å²) in [5.41, 5.74) is 5.32. The van der Waals surface area contributed by atoms with Gasteiger partial charge in [-0.05, 0) is 38.0 Å². The number of aliphatic carboxylic acids is 1. The molecule has 0 aliphatic carbocycles. The lowest BCUT2D eigenvalue weighted by Crippen LogP contribution is -2.30. The van der Waals surface area contributed by atoms with Crippen LogP contribution in [0.1, 0.15) is 19.4 Å². The van der Waals surface area contributed by atoms with Gasteiger partial charge in [-0.1, -0.05) is 48.5 Å². The molecule has 4 rings (SSSR count). The first-order chi connectivity index (χ1) is 15.3. The van der Waals surface area contributed by atoms with Crippen molar-refractivity contribution < 1.29 is 14.6 Å². The minimum Gasteiger partial charge on any atom is -0.481 e. The number of nitrogens with one attached hydrogen (secondary N) is 1. The molecular formula is C26H25N3O3. The zero-order valence-corrected chi connectivity index (χ0v) is 18.3. The number of carboxylic acids is 1. The van der Waals surface area contributed by atoms with E-state index in [0.717, 1.165) is 33.8 Å². The molecule has 6 nitrogen and oxygen atoms in total. The Bertz CT molecular complexity index is 1230. The molecule has 0 radical (unpaired) electrons. The zero-order valence-electron chi connectivity index (χ0n) is 18.3. The van der Waals surface area contributed by atoms with Crippen LogP contribution in [-0.2, 0) is 4.79 Å². The second-order valence-corrected chi connectivity index (χ2v) is 8.40. The van der Waals surface area contributed by atoms with Crippen LogP contribution >= 0.6 is 0 Å². The molecule has 0 bridgehead atoms. The molecule has 0 spiro atoms. The second kappa shape index (κ2) is 8.67. The van der Waals surface area contributed by atoms with Gasteiger partial charge in [0.15, 0.2) is 0 Å². The van der Waals surface area contributed by atoms with Gasteiger partial charge in [0.05, 0.1) is 17.3 Å². The summed E-state index contributed by atoms with van der Waals surface area (Å²) in [7, 11) is 0. The highest BCUT2D eigenvalue weighted by Crippen LogP contribution is 2.27. The van der Waals surface area contributed by atoms with Crippen molar-refractivity contribution in [1.29, 1.82) is 0 Å². The van der Waals surface area contributed by atoms with Gasteiger partial charge in [0.25, 0.3) is 0 Å². The SMILES string of the molecule is Cc1ccccc1-c1cnc(-c2ccc(-c3ccc(OCC(C)(C)C(=O)O)nc3)cc2)[nH]1. The van der Waals surface area contributed by atoms with Crippen molar-refractivity contribution in [3.63, 3.8) is 0 Å². The summed E-state index contributed by atoms with van der Waals surface area (Å²) in [6, 6.07) is 20.0. The van der Waals surface area contributed by atoms with Crippen LogP contribution < -0.4 is 4.74 Å². The van der Waals surface area contributed by atoms with Gasteiger partial charge in [-0.3, -0.25) is 4.79 Å². The molecule has 0 saturated heterocycles. The second-order valence-electron chi connectivity index (χ2n) is 8.40. The largest absolute Gasteiger partial charge is 0.481 e. The van der Waals surface area contributed by atoms with Crippen LogP contribution in [-0.4, -0.2) is 32.6 Å². The first-order valence-corrected chi connectivity index (χ1v) is 10.4. The lowest BCUT2D eigenvalue weighted by atomic mass is 9.95. The number of aryl methyl sites for hydroxylation is 1. The van der Waals surface area contributed by atoms with E-state index in [2.05, 4.69) is 34.0 Å². The van der Waals surface area contributed by atoms with Crippen LogP contribution in [0, 0.1) is 12.3 Å². The van der Waals surface area contributed by atoms with Gasteiger partial charge in [-0.25, -0.2) is 9.97 Å². The number of carboxylic acid groups (broad SMARTS) is 1. The maximum atomic E-state index is 11.2. The standard InChI is InChI=1S/C26H25N3O3/c1-17-6-4-5-7-21(17)22-15-28-24(29-22)19-10-8-18(9-11-19)20-12-13-23(27-14-20)32-16-26(2,3)25(30)31/h4-15H,16H2,1-3H3,(H,28,29)(H,30,31). The summed E-state index contributed by atoms with van der Waals surface area (Å²) >= 11 is 0. The van der Waals surface area contributed by atoms with Crippen LogP contribution in [0.15, 0.2) is 73.1 Å². The van der Waals surface area contributed by atoms with Gasteiger partial charge in [0, 0.05) is 29.0 Å². The Morgan fingerprint density at radius 1 is 0.938 bits per heavy atom. The van der Waals surface area contributed by atoms with E-state index in [-0.39, 0.29) is 6.61 Å². The van der Waals surface area contributed by atoms with Gasteiger partial charge < -0.3 is 14.8 Å². The summed E-state index contributed by atoms with van der Waals surface area (Å²) in [5, 5.41) is 9.18. The maximum absolute atomic E-state index is 11.2. The molecule has 0 aliphatic rings. The lowest BCUT2D eigenvalue weighted by molar-refractivity contribution is -0.148. The fraction of sp³-hybridized carbons (Fsp3) is 0.192. The predicted molar refractivity (Wildman–Crippen MR) is 124 cm³/mol. The molecule has 2 heterocycles. The third kappa shape index (κ3) is 4.54. The Kier molecular flexibility index (Phi) is 5.77. The lowest BCUT2D eigenvalue weighted by Gasteiger charge is -2.18. The van der Waals surface area contributed by atoms with Gasteiger partial charge in [0.1, 0.15) is 12.4 Å². The molecule has 6 heteroatoms. The Morgan fingerprint density at radius 3 is 2.28 bits per heavy atom. The van der Waals surface area contributed by atoms with E-state index in [1.165, 1.54) is 5.56 Å². The molecule has 2 aromatic heterocycles. The number of benzene rings is 2. The molecule has 32 heavy (non-hydrogen) atoms. The number of ether oxygens (including phenoxy) is 1. The number of carbonyl (C=O) groups is 1. The first kappa shape index (κ1) is 21.3. The van der Waals surface area contributed by atoms with E-state index in [9.17, 15) is 9.90 Å². The van der Waals surface area contributed by atoms with Crippen molar-refractivity contribution in [3.05, 3.63) is 78.6 Å². The molecule has 2 N–H and O–H groups in total. The van der Waals surface area contributed by atoms with Gasteiger partial charge in [-0.15, -0.1) is 0 Å². The predicted octanol–water partition coefficient (Wildman–Crippen LogP) is 5.60. The van der Waals surface area contributed by atoms with Gasteiger partial charge >= 0.3 is 5.97 Å². The Labute approximate surface area is 187 Å². The number of hydrogen-bond donors (Lipinski definition) is 2. The zero-order chi connectivity index (χ0) is 22.7. The van der Waals surface area contributed by atoms with Crippen molar-refractivity contribution in [1.82, 2.24) is 15.0 Å². The fourth-order valence-electron chi connectivity index (χ4n) is 3.25. The molecule has 2 aromatic carbocycles. The highest BCUT2D eigenvalue weighted by Gasteiger charge is 2.28. The minimum absolute atomic E-state index is 0.0526. The number of pyridine rings is 1. The van der Waals surface area contributed by atoms with Crippen molar-refractivity contribution in [2.75, 3.05) is 6.61 Å². The summed E-state index contributed by atoms with van der Waals surface area (Å²) in [4.78, 5) is 23.5. The van der Waals surface area contributed by atoms with E-state index in [0.29, 0.717) is 5.88 Å². The first-order valence-electron chi connectivity index (χ1n) is 10.4. The number of nitrogens with zero attached hydrogens (tertiary/aromatic N) is 2. The number of H-pyrrole nitrogens is 1. The molecule has 0 unspecified atom stereocenters. The van der Waals surface area contributed by atoms with E-state index in [1.54, 1.807) is 26.1 Å². The number of hydrogen-bond acceptors (Lipinski definition) is 4. The van der Waals surface area contributed by atoms with Crippen molar-refractivity contribution >= 4 is 5.97 Å². The van der Waals surface area contributed by atoms with Crippen molar-refractivity contribution in [2.24, 2.45) is 5.41 Å². The van der Waals surface area contributed by atoms with Crippen LogP contribution in [0.3, 0.4) is 0 Å². The summed E-state index contributed by atoms with van der Waals surface area (Å²) in [6.45, 7) is 5.38. The number of imidazole rings is 1. The third-order valence-corrected chi connectivity index (χ3v) is 5.40. The van der Waals surface area contributed by atoms with Crippen LogP contribution in [0.5, 0.6) is 5.88 Å². The highest BCUT2D eigenvalue weighted by atomic mass is 16.5. The maximum Gasteiger partial charge on any atom is 0.312 e. The van der Waals surface area contributed by atoms with E-state index in [1.807, 2.05) is 48.7 Å². The Balaban J connectivity index is 1.46. The normalized spacial score (nSPS) is 11.3. The summed E-state index contributed by atoms with van der Waals surface area (Å²) in [5.74, 6) is 0.313. The molecule has 162 valence electrons. The van der Waals surface area contributed by atoms with Gasteiger partial charge in [0.2, 0.25) is 5.88 Å². The fourth-order valence-corrected chi connectivity index (χ4v) is 3.25. The molecule has 0 saturated carbocycles. The molecular weight excluding hydrogens is 402 g/mol. The van der Waals surface area contributed by atoms with Crippen LogP contribution in [0.25, 0.3) is 33.8 Å². The minimum atomic E-state index is -0.971. The van der Waals surface area contributed by atoms with E-state index in [4.69, 9.17) is 4.74 Å². The van der Waals surface area contributed by atoms with E-state index < -0.39 is 11.4 Å². The van der Waals surface area contributed by atoms with E-state index >= 15 is 0 Å². The highest BCUT2D eigenvalue weighted by molar-refractivity contribution is 5.74. The number of rotatable bonds is 7. The average Bonchev–Trinajstić information content (AvgIpc) is 3.28. The molecule has 0 amide bonds. The van der Waals surface area contributed by atoms with Crippen molar-refractivity contribution in [2.45, 2.75) is 20.8 Å². The third-order valence-electron chi connectivity index (χ3n) is 5.40. The number of aromatic nitrogens is 3. The summed E-state index contributed by atoms with van der Waals surface area (Å²) in [6.07, 6.45) is 3.58. The van der Waals surface area contributed by atoms with Crippen LogP contribution in [0.2, 0.25) is 0 Å². The topological polar surface area (TPSA) is 88.1 Å². The molecule has 0 aliphatic heterocycles. The van der Waals surface area contributed by atoms with Crippen molar-refractivity contribution in [3.8, 4) is 39.7 Å². The molecule has 0 atom stereocenters. The quantitative estimate of drug-likeness (QED) is 0.401. The monoisotopic (exact) mass is 427 g/mol. The average molecular weight is 428 g/mol. The summed E-state index contributed by atoms with van der Waals surface area (Å²) < 4.78 is 5.54. The Hall–Kier alpha value is -3.93. The smallest absolute Gasteiger partial charge is 0.312 e. The number of aromatic amines is 1. The molecule has 4 aromatic rings. The van der Waals surface area contributed by atoms with Crippen LogP contribution in [0.4, 0.5) is 0 Å². The van der Waals surface area contributed by atoms with Gasteiger partial charge in [-0.2, -0.15) is 0 Å². The Morgan fingerprint density at radius 2 is 1.62 bits per heavy atom.